The molecule has 1 aliphatic heterocycles. The summed E-state index contributed by atoms with van der Waals surface area (Å²) >= 11 is 0. The third-order valence-corrected chi connectivity index (χ3v) is 3.56. The lowest BCUT2D eigenvalue weighted by molar-refractivity contribution is -0.0188. The van der Waals surface area contributed by atoms with E-state index in [0.717, 1.165) is 17.7 Å². The number of carbonyl (C=O) groups is 1. The van der Waals surface area contributed by atoms with Crippen molar-refractivity contribution in [1.82, 2.24) is 10.5 Å². The fourth-order valence-electron chi connectivity index (χ4n) is 2.37. The summed E-state index contributed by atoms with van der Waals surface area (Å²) in [7, 11) is 0. The van der Waals surface area contributed by atoms with Crippen LogP contribution in [0.1, 0.15) is 28.0 Å². The van der Waals surface area contributed by atoms with Gasteiger partial charge in [0.2, 0.25) is 0 Å². The first-order valence-electron chi connectivity index (χ1n) is 7.34. The predicted octanol–water partition coefficient (Wildman–Crippen LogP) is 2.12. The van der Waals surface area contributed by atoms with Crippen LogP contribution in [0.5, 0.6) is 0 Å². The molecule has 2 aromatic rings. The molecule has 0 saturated carbocycles. The second-order valence-electron chi connectivity index (χ2n) is 5.19. The number of hydroxylamine groups is 1. The molecule has 0 aliphatic carbocycles. The molecule has 0 bridgehead atoms. The molecular weight excluding hydrogens is 280 g/mol. The van der Waals surface area contributed by atoms with Crippen LogP contribution >= 0.6 is 0 Å². The van der Waals surface area contributed by atoms with Crippen molar-refractivity contribution in [1.29, 1.82) is 0 Å². The molecular formula is C17H18N2O3. The number of nitrogens with zero attached hydrogens (tertiary/aromatic N) is 1. The number of carbonyl (C=O) groups excluding carboxylic acids is 1. The Kier molecular flexibility index (Phi) is 4.78. The number of pyridine rings is 1. The number of hydrogen-bond donors (Lipinski definition) is 1. The van der Waals surface area contributed by atoms with E-state index in [0.29, 0.717) is 25.2 Å². The van der Waals surface area contributed by atoms with E-state index in [1.807, 2.05) is 30.3 Å². The smallest absolute Gasteiger partial charge is 0.276 e. The number of benzene rings is 1. The van der Waals surface area contributed by atoms with E-state index in [1.54, 1.807) is 18.3 Å². The van der Waals surface area contributed by atoms with Gasteiger partial charge in [0.05, 0.1) is 17.9 Å². The highest BCUT2D eigenvalue weighted by Gasteiger charge is 2.19. The summed E-state index contributed by atoms with van der Waals surface area (Å²) in [6.07, 6.45) is 3.03. The zero-order chi connectivity index (χ0) is 15.2. The average molecular weight is 298 g/mol. The topological polar surface area (TPSA) is 60.5 Å². The summed E-state index contributed by atoms with van der Waals surface area (Å²) in [4.78, 5) is 22.0. The molecule has 114 valence electrons. The molecule has 1 aromatic carbocycles. The van der Waals surface area contributed by atoms with E-state index in [2.05, 4.69) is 10.5 Å². The van der Waals surface area contributed by atoms with Crippen molar-refractivity contribution in [3.05, 3.63) is 65.5 Å². The maximum atomic E-state index is 12.3. The van der Waals surface area contributed by atoms with Crippen LogP contribution in [-0.2, 0) is 16.0 Å². The number of ether oxygens (including phenoxy) is 1. The number of aromatic nitrogens is 1. The highest BCUT2D eigenvalue weighted by molar-refractivity contribution is 5.94. The molecule has 3 rings (SSSR count). The van der Waals surface area contributed by atoms with E-state index in [-0.39, 0.29) is 12.0 Å². The second-order valence-corrected chi connectivity index (χ2v) is 5.19. The lowest BCUT2D eigenvalue weighted by Crippen LogP contribution is -2.30. The van der Waals surface area contributed by atoms with Crippen LogP contribution in [0.15, 0.2) is 48.7 Å². The van der Waals surface area contributed by atoms with Crippen LogP contribution in [-0.4, -0.2) is 30.2 Å². The summed E-state index contributed by atoms with van der Waals surface area (Å²) in [6.45, 7) is 1.19. The van der Waals surface area contributed by atoms with Crippen LogP contribution in [0.25, 0.3) is 0 Å². The molecule has 5 nitrogen and oxygen atoms in total. The zero-order valence-electron chi connectivity index (χ0n) is 12.2. The predicted molar refractivity (Wildman–Crippen MR) is 81.3 cm³/mol. The summed E-state index contributed by atoms with van der Waals surface area (Å²) in [5, 5.41) is 0. The van der Waals surface area contributed by atoms with Crippen molar-refractivity contribution in [2.75, 3.05) is 13.2 Å². The van der Waals surface area contributed by atoms with Crippen LogP contribution < -0.4 is 5.48 Å². The van der Waals surface area contributed by atoms with Gasteiger partial charge in [0.15, 0.2) is 0 Å². The van der Waals surface area contributed by atoms with Gasteiger partial charge in [-0.2, -0.15) is 0 Å². The Bertz CT molecular complexity index is 625. The van der Waals surface area contributed by atoms with E-state index in [9.17, 15) is 4.79 Å². The fraction of sp³-hybridized carbons (Fsp3) is 0.294. The summed E-state index contributed by atoms with van der Waals surface area (Å²) in [6, 6.07) is 13.5. The first-order valence-corrected chi connectivity index (χ1v) is 7.34. The van der Waals surface area contributed by atoms with Gasteiger partial charge in [-0.15, -0.1) is 0 Å². The third-order valence-electron chi connectivity index (χ3n) is 3.56. The number of nitrogens with one attached hydrogen (secondary N) is 1. The first kappa shape index (κ1) is 14.7. The van der Waals surface area contributed by atoms with Gasteiger partial charge in [-0.25, -0.2) is 5.48 Å². The van der Waals surface area contributed by atoms with Crippen LogP contribution in [0.2, 0.25) is 0 Å². The van der Waals surface area contributed by atoms with E-state index in [4.69, 9.17) is 9.57 Å². The van der Waals surface area contributed by atoms with Crippen molar-refractivity contribution >= 4 is 5.91 Å². The summed E-state index contributed by atoms with van der Waals surface area (Å²) in [5.74, 6) is -0.272. The molecule has 1 aromatic heterocycles. The molecule has 1 fully saturated rings. The van der Waals surface area contributed by atoms with Crippen molar-refractivity contribution in [2.24, 2.45) is 0 Å². The Balaban J connectivity index is 1.68. The second kappa shape index (κ2) is 7.15. The number of amides is 1. The van der Waals surface area contributed by atoms with E-state index >= 15 is 0 Å². The SMILES string of the molecule is O=C(NOC1CCOC1)c1cccnc1Cc1ccccc1. The molecule has 1 aliphatic rings. The molecule has 1 amide bonds. The number of rotatable bonds is 5. The maximum Gasteiger partial charge on any atom is 0.276 e. The van der Waals surface area contributed by atoms with Gasteiger partial charge in [-0.05, 0) is 17.7 Å². The monoisotopic (exact) mass is 298 g/mol. The van der Waals surface area contributed by atoms with Crippen molar-refractivity contribution in [3.8, 4) is 0 Å². The minimum absolute atomic E-state index is 0.0711. The molecule has 1 unspecified atom stereocenters. The third kappa shape index (κ3) is 3.69. The Morgan fingerprint density at radius 3 is 2.91 bits per heavy atom. The van der Waals surface area contributed by atoms with Crippen LogP contribution in [0.3, 0.4) is 0 Å². The van der Waals surface area contributed by atoms with Gasteiger partial charge in [0.1, 0.15) is 6.10 Å². The molecule has 0 radical (unpaired) electrons. The van der Waals surface area contributed by atoms with Gasteiger partial charge < -0.3 is 4.74 Å². The van der Waals surface area contributed by atoms with Crippen molar-refractivity contribution in [2.45, 2.75) is 18.9 Å². The van der Waals surface area contributed by atoms with Gasteiger partial charge >= 0.3 is 0 Å². The molecule has 1 N–H and O–H groups in total. The van der Waals surface area contributed by atoms with Gasteiger partial charge in [0.25, 0.3) is 5.91 Å². The minimum Gasteiger partial charge on any atom is -0.379 e. The maximum absolute atomic E-state index is 12.3. The van der Waals surface area contributed by atoms with E-state index in [1.165, 1.54) is 0 Å². The molecule has 5 heteroatoms. The quantitative estimate of drug-likeness (QED) is 0.859. The van der Waals surface area contributed by atoms with Crippen LogP contribution in [0, 0.1) is 0 Å². The van der Waals surface area contributed by atoms with Crippen LogP contribution in [0.4, 0.5) is 0 Å². The van der Waals surface area contributed by atoms with Gasteiger partial charge in [-0.3, -0.25) is 14.6 Å². The molecule has 22 heavy (non-hydrogen) atoms. The normalized spacial score (nSPS) is 17.4. The zero-order valence-corrected chi connectivity index (χ0v) is 12.2. The molecule has 1 saturated heterocycles. The largest absolute Gasteiger partial charge is 0.379 e. The minimum atomic E-state index is -0.272. The molecule has 0 spiro atoms. The first-order chi connectivity index (χ1) is 10.8. The van der Waals surface area contributed by atoms with Gasteiger partial charge in [0, 0.05) is 25.6 Å². The Labute approximate surface area is 129 Å². The van der Waals surface area contributed by atoms with Crippen molar-refractivity contribution < 1.29 is 14.4 Å². The highest BCUT2D eigenvalue weighted by Crippen LogP contribution is 2.13. The summed E-state index contributed by atoms with van der Waals surface area (Å²) < 4.78 is 5.21. The lowest BCUT2D eigenvalue weighted by atomic mass is 10.1. The fourth-order valence-corrected chi connectivity index (χ4v) is 2.37. The Morgan fingerprint density at radius 1 is 1.27 bits per heavy atom. The Hall–Kier alpha value is -2.24. The Morgan fingerprint density at radius 2 is 2.14 bits per heavy atom. The molecule has 1 atom stereocenters. The van der Waals surface area contributed by atoms with Gasteiger partial charge in [-0.1, -0.05) is 30.3 Å². The molecule has 2 heterocycles. The van der Waals surface area contributed by atoms with E-state index < -0.39 is 0 Å². The average Bonchev–Trinajstić information content (AvgIpc) is 3.08. The highest BCUT2D eigenvalue weighted by atomic mass is 16.7. The lowest BCUT2D eigenvalue weighted by Gasteiger charge is -2.12. The number of hydrogen-bond acceptors (Lipinski definition) is 4. The van der Waals surface area contributed by atoms with Crippen molar-refractivity contribution in [3.63, 3.8) is 0 Å². The standard InChI is InChI=1S/C17H18N2O3/c20-17(19-22-14-8-10-21-12-14)15-7-4-9-18-16(15)11-13-5-2-1-3-6-13/h1-7,9,14H,8,10-12H2,(H,19,20). The summed E-state index contributed by atoms with van der Waals surface area (Å²) in [5.41, 5.74) is 4.89.